The smallest absolute Gasteiger partial charge is 0.269 e. The number of H-pyrrole nitrogens is 1. The first-order valence-electron chi connectivity index (χ1n) is 7.72. The number of halogens is 1. The number of nitrogens with one attached hydrogen (secondary N) is 2. The van der Waals surface area contributed by atoms with Gasteiger partial charge in [-0.25, -0.2) is 4.39 Å². The Morgan fingerprint density at radius 2 is 2.12 bits per heavy atom. The number of aromatic amines is 1. The van der Waals surface area contributed by atoms with E-state index in [2.05, 4.69) is 15.5 Å². The summed E-state index contributed by atoms with van der Waals surface area (Å²) in [5.41, 5.74) is 8.60. The number of nitrogens with two attached hydrogens (primary N) is 1. The van der Waals surface area contributed by atoms with E-state index in [1.807, 2.05) is 19.1 Å². The molecule has 0 saturated heterocycles. The molecule has 0 fully saturated rings. The Balaban J connectivity index is 1.63. The van der Waals surface area contributed by atoms with Crippen molar-refractivity contribution in [3.63, 3.8) is 0 Å². The summed E-state index contributed by atoms with van der Waals surface area (Å²) in [5, 5.41) is 11.4. The van der Waals surface area contributed by atoms with Gasteiger partial charge in [-0.2, -0.15) is 5.10 Å². The minimum absolute atomic E-state index is 0.203. The molecular formula is C18H15FN4O2. The average molecular weight is 338 g/mol. The Morgan fingerprint density at radius 1 is 1.28 bits per heavy atom. The van der Waals surface area contributed by atoms with E-state index in [9.17, 15) is 9.18 Å². The number of anilines is 1. The third-order valence-electron chi connectivity index (χ3n) is 4.25. The molecule has 0 unspecified atom stereocenters. The molecule has 0 spiro atoms. The normalized spacial score (nSPS) is 11.3. The van der Waals surface area contributed by atoms with Crippen LogP contribution in [-0.4, -0.2) is 16.1 Å². The molecule has 4 N–H and O–H groups in total. The van der Waals surface area contributed by atoms with Crippen LogP contribution in [0.1, 0.15) is 21.8 Å². The Kier molecular flexibility index (Phi) is 3.42. The Morgan fingerprint density at radius 3 is 2.92 bits per heavy atom. The predicted molar refractivity (Wildman–Crippen MR) is 92.8 cm³/mol. The Hall–Kier alpha value is -3.35. The molecule has 4 rings (SSSR count). The fourth-order valence-electron chi connectivity index (χ4n) is 2.91. The molecule has 1 amide bonds. The molecule has 2 aromatic carbocycles. The monoisotopic (exact) mass is 338 g/mol. The highest BCUT2D eigenvalue weighted by Gasteiger charge is 2.13. The molecule has 2 aromatic heterocycles. The molecule has 4 aromatic rings. The summed E-state index contributed by atoms with van der Waals surface area (Å²) in [7, 11) is 0. The van der Waals surface area contributed by atoms with Crippen LogP contribution in [0.25, 0.3) is 21.9 Å². The Labute approximate surface area is 141 Å². The van der Waals surface area contributed by atoms with Crippen molar-refractivity contribution in [2.24, 2.45) is 5.73 Å². The Bertz CT molecular complexity index is 1110. The van der Waals surface area contributed by atoms with Gasteiger partial charge in [0.1, 0.15) is 17.2 Å². The lowest BCUT2D eigenvalue weighted by molar-refractivity contribution is 0.0997. The molecule has 6 nitrogen and oxygen atoms in total. The van der Waals surface area contributed by atoms with Gasteiger partial charge >= 0.3 is 0 Å². The van der Waals surface area contributed by atoms with Gasteiger partial charge in [0.05, 0.1) is 12.1 Å². The third kappa shape index (κ3) is 2.59. The first-order valence-corrected chi connectivity index (χ1v) is 7.72. The van der Waals surface area contributed by atoms with Gasteiger partial charge in [0, 0.05) is 22.0 Å². The molecule has 7 heteroatoms. The molecular weight excluding hydrogens is 323 g/mol. The lowest BCUT2D eigenvalue weighted by Crippen LogP contribution is -2.11. The maximum absolute atomic E-state index is 13.4. The number of benzene rings is 2. The summed E-state index contributed by atoms with van der Waals surface area (Å²) in [4.78, 5) is 11.4. The van der Waals surface area contributed by atoms with Crippen LogP contribution in [0, 0.1) is 12.7 Å². The molecule has 2 heterocycles. The van der Waals surface area contributed by atoms with Gasteiger partial charge in [-0.1, -0.05) is 0 Å². The quantitative estimate of drug-likeness (QED) is 0.531. The minimum Gasteiger partial charge on any atom is -0.459 e. The van der Waals surface area contributed by atoms with E-state index in [1.165, 1.54) is 12.1 Å². The largest absolute Gasteiger partial charge is 0.459 e. The van der Waals surface area contributed by atoms with Gasteiger partial charge in [-0.05, 0) is 43.3 Å². The van der Waals surface area contributed by atoms with Crippen LogP contribution in [0.2, 0.25) is 0 Å². The highest BCUT2D eigenvalue weighted by atomic mass is 19.1. The molecule has 0 bridgehead atoms. The molecule has 0 radical (unpaired) electrons. The van der Waals surface area contributed by atoms with Crippen LogP contribution in [0.5, 0.6) is 0 Å². The minimum atomic E-state index is -0.585. The number of carbonyl (C=O) groups excluding carboxylic acids is 1. The van der Waals surface area contributed by atoms with E-state index in [1.54, 1.807) is 12.1 Å². The highest BCUT2D eigenvalue weighted by molar-refractivity contribution is 6.04. The lowest BCUT2D eigenvalue weighted by atomic mass is 10.1. The van der Waals surface area contributed by atoms with Crippen molar-refractivity contribution >= 4 is 33.5 Å². The summed E-state index contributed by atoms with van der Waals surface area (Å²) < 4.78 is 19.2. The fraction of sp³-hybridized carbons (Fsp3) is 0.111. The van der Waals surface area contributed by atoms with Crippen molar-refractivity contribution < 1.29 is 13.6 Å². The summed E-state index contributed by atoms with van der Waals surface area (Å²) in [5.74, 6) is -0.151. The van der Waals surface area contributed by atoms with Gasteiger partial charge in [-0.3, -0.25) is 9.89 Å². The fourth-order valence-corrected chi connectivity index (χ4v) is 2.91. The van der Waals surface area contributed by atoms with Crippen molar-refractivity contribution in [1.82, 2.24) is 10.2 Å². The number of furan rings is 1. The molecule has 0 atom stereocenters. The van der Waals surface area contributed by atoms with Crippen molar-refractivity contribution in [3.05, 3.63) is 59.2 Å². The number of amides is 1. The van der Waals surface area contributed by atoms with Crippen LogP contribution < -0.4 is 11.1 Å². The number of primary amides is 1. The van der Waals surface area contributed by atoms with Crippen molar-refractivity contribution in [3.8, 4) is 0 Å². The average Bonchev–Trinajstić information content (AvgIpc) is 3.14. The SMILES string of the molecule is Cc1c(CNc2ccc3[nH]nc(C(N)=O)c3c2)oc2ccc(F)cc12. The predicted octanol–water partition coefficient (Wildman–Crippen LogP) is 3.47. The van der Waals surface area contributed by atoms with Gasteiger partial charge in [0.2, 0.25) is 0 Å². The molecule has 0 aliphatic carbocycles. The van der Waals surface area contributed by atoms with E-state index in [4.69, 9.17) is 10.2 Å². The summed E-state index contributed by atoms with van der Waals surface area (Å²) in [6, 6.07) is 9.95. The number of rotatable bonds is 4. The second kappa shape index (κ2) is 5.62. The number of aromatic nitrogens is 2. The highest BCUT2D eigenvalue weighted by Crippen LogP contribution is 2.27. The summed E-state index contributed by atoms with van der Waals surface area (Å²) >= 11 is 0. The van der Waals surface area contributed by atoms with Crippen LogP contribution in [0.4, 0.5) is 10.1 Å². The number of aryl methyl sites for hydroxylation is 1. The van der Waals surface area contributed by atoms with Gasteiger partial charge in [0.15, 0.2) is 5.69 Å². The second-order valence-corrected chi connectivity index (χ2v) is 5.84. The summed E-state index contributed by atoms with van der Waals surface area (Å²) in [6.07, 6.45) is 0. The van der Waals surface area contributed by atoms with E-state index < -0.39 is 5.91 Å². The number of fused-ring (bicyclic) bond motifs is 2. The van der Waals surface area contributed by atoms with E-state index >= 15 is 0 Å². The zero-order valence-corrected chi connectivity index (χ0v) is 13.4. The number of carbonyl (C=O) groups is 1. The molecule has 0 aliphatic rings. The maximum Gasteiger partial charge on any atom is 0.269 e. The molecule has 126 valence electrons. The van der Waals surface area contributed by atoms with Crippen LogP contribution in [0.3, 0.4) is 0 Å². The second-order valence-electron chi connectivity index (χ2n) is 5.84. The number of hydrogen-bond donors (Lipinski definition) is 3. The third-order valence-corrected chi connectivity index (χ3v) is 4.25. The van der Waals surface area contributed by atoms with Crippen molar-refractivity contribution in [2.75, 3.05) is 5.32 Å². The number of hydrogen-bond acceptors (Lipinski definition) is 4. The molecule has 0 saturated carbocycles. The van der Waals surface area contributed by atoms with Crippen LogP contribution >= 0.6 is 0 Å². The van der Waals surface area contributed by atoms with E-state index in [-0.39, 0.29) is 11.5 Å². The molecule has 0 aliphatic heterocycles. The van der Waals surface area contributed by atoms with E-state index in [0.29, 0.717) is 17.5 Å². The van der Waals surface area contributed by atoms with Crippen molar-refractivity contribution in [1.29, 1.82) is 0 Å². The molecule has 25 heavy (non-hydrogen) atoms. The van der Waals surface area contributed by atoms with Gasteiger partial charge < -0.3 is 15.5 Å². The van der Waals surface area contributed by atoms with Crippen molar-refractivity contribution in [2.45, 2.75) is 13.5 Å². The standard InChI is InChI=1S/C18H15FN4O2/c1-9-12-6-10(19)2-5-15(12)25-16(9)8-21-11-3-4-14-13(7-11)17(18(20)24)23-22-14/h2-7,21H,8H2,1H3,(H2,20,24)(H,22,23). The topological polar surface area (TPSA) is 96.9 Å². The van der Waals surface area contributed by atoms with Crippen LogP contribution in [0.15, 0.2) is 40.8 Å². The first kappa shape index (κ1) is 15.2. The van der Waals surface area contributed by atoms with E-state index in [0.717, 1.165) is 27.9 Å². The summed E-state index contributed by atoms with van der Waals surface area (Å²) in [6.45, 7) is 2.32. The lowest BCUT2D eigenvalue weighted by Gasteiger charge is -2.05. The van der Waals surface area contributed by atoms with Gasteiger partial charge in [0.25, 0.3) is 5.91 Å². The van der Waals surface area contributed by atoms with Crippen LogP contribution in [-0.2, 0) is 6.54 Å². The number of nitrogens with zero attached hydrogens (tertiary/aromatic N) is 1. The first-order chi connectivity index (χ1) is 12.0. The zero-order valence-electron chi connectivity index (χ0n) is 13.4. The van der Waals surface area contributed by atoms with Gasteiger partial charge in [-0.15, -0.1) is 0 Å². The maximum atomic E-state index is 13.4. The zero-order chi connectivity index (χ0) is 17.6.